The molecule has 6 heteroatoms. The van der Waals surface area contributed by atoms with Crippen molar-refractivity contribution in [2.45, 2.75) is 63.3 Å². The molecule has 6 nitrogen and oxygen atoms in total. The predicted octanol–water partition coefficient (Wildman–Crippen LogP) is -0.791. The highest BCUT2D eigenvalue weighted by Crippen LogP contribution is 2.27. The van der Waals surface area contributed by atoms with Crippen LogP contribution in [-0.2, 0) is 4.79 Å². The van der Waals surface area contributed by atoms with Gasteiger partial charge in [-0.05, 0) is 13.0 Å². The summed E-state index contributed by atoms with van der Waals surface area (Å²) in [6, 6.07) is -1.01. The van der Waals surface area contributed by atoms with E-state index >= 15 is 0 Å². The van der Waals surface area contributed by atoms with Crippen molar-refractivity contribution in [2.24, 2.45) is 5.73 Å². The van der Waals surface area contributed by atoms with Gasteiger partial charge in [-0.3, -0.25) is 9.69 Å². The number of nitrogens with two attached hydrogens (primary N) is 1. The van der Waals surface area contributed by atoms with E-state index < -0.39 is 30.2 Å². The van der Waals surface area contributed by atoms with Crippen LogP contribution < -0.4 is 5.73 Å². The zero-order chi connectivity index (χ0) is 14.4. The first kappa shape index (κ1) is 16.4. The summed E-state index contributed by atoms with van der Waals surface area (Å²) in [5.74, 6) is -0.506. The molecule has 0 saturated carbocycles. The first-order chi connectivity index (χ1) is 9.02. The van der Waals surface area contributed by atoms with Gasteiger partial charge in [-0.25, -0.2) is 0 Å². The number of aliphatic hydroxyl groups is 3. The fourth-order valence-corrected chi connectivity index (χ4v) is 2.80. The quantitative estimate of drug-likeness (QED) is 0.434. The Balaban J connectivity index is 2.65. The zero-order valence-corrected chi connectivity index (χ0v) is 11.5. The molecule has 0 aromatic rings. The lowest BCUT2D eigenvalue weighted by atomic mass is 10.1. The summed E-state index contributed by atoms with van der Waals surface area (Å²) < 4.78 is 0. The fraction of sp³-hybridized carbons (Fsp3) is 0.923. The Kier molecular flexibility index (Phi) is 6.71. The topological polar surface area (TPSA) is 107 Å². The molecule has 0 bridgehead atoms. The fourth-order valence-electron chi connectivity index (χ4n) is 2.80. The van der Waals surface area contributed by atoms with Crippen molar-refractivity contribution in [1.29, 1.82) is 0 Å². The largest absolute Gasteiger partial charge is 0.395 e. The molecular formula is C13H26N2O4. The molecule has 0 radical (unpaired) electrons. The molecule has 1 aliphatic heterocycles. The van der Waals surface area contributed by atoms with Crippen LogP contribution in [0.2, 0.25) is 0 Å². The van der Waals surface area contributed by atoms with Gasteiger partial charge in [0, 0.05) is 12.5 Å². The predicted molar refractivity (Wildman–Crippen MR) is 71.3 cm³/mol. The molecular weight excluding hydrogens is 248 g/mol. The smallest absolute Gasteiger partial charge is 0.219 e. The highest BCUT2D eigenvalue weighted by molar-refractivity contribution is 5.74. The van der Waals surface area contributed by atoms with Gasteiger partial charge in [-0.15, -0.1) is 0 Å². The van der Waals surface area contributed by atoms with E-state index in [0.29, 0.717) is 6.54 Å². The number of rotatable bonds is 8. The summed E-state index contributed by atoms with van der Waals surface area (Å²) in [7, 11) is 0. The average Bonchev–Trinajstić information content (AvgIpc) is 2.58. The Morgan fingerprint density at radius 1 is 1.16 bits per heavy atom. The maximum Gasteiger partial charge on any atom is 0.219 e. The first-order valence-electron chi connectivity index (χ1n) is 7.04. The zero-order valence-electron chi connectivity index (χ0n) is 11.5. The maximum absolute atomic E-state index is 11.1. The highest BCUT2D eigenvalue weighted by atomic mass is 16.3. The molecule has 0 aromatic heterocycles. The minimum atomic E-state index is -1.03. The standard InChI is InChI=1S/C13H26N2O4/c1-2-3-4-5-6-15-9(7-11(14)17)12(18)13(19)10(15)8-16/h9-10,12-13,16,18-19H,2-8H2,1H3,(H2,14,17)/t9-,10+,12+,13+/m0/s1. The summed E-state index contributed by atoms with van der Waals surface area (Å²) in [6.45, 7) is 2.54. The Morgan fingerprint density at radius 2 is 1.79 bits per heavy atom. The second-order valence-electron chi connectivity index (χ2n) is 5.27. The molecule has 1 heterocycles. The molecule has 1 amide bonds. The van der Waals surface area contributed by atoms with Crippen molar-refractivity contribution in [3.63, 3.8) is 0 Å². The van der Waals surface area contributed by atoms with Crippen molar-refractivity contribution >= 4 is 5.91 Å². The summed E-state index contributed by atoms with van der Waals surface area (Å²) in [5.41, 5.74) is 5.18. The van der Waals surface area contributed by atoms with Crippen molar-refractivity contribution in [3.8, 4) is 0 Å². The van der Waals surface area contributed by atoms with Gasteiger partial charge in [0.25, 0.3) is 0 Å². The Hall–Kier alpha value is -0.690. The Labute approximate surface area is 114 Å². The molecule has 1 fully saturated rings. The van der Waals surface area contributed by atoms with Gasteiger partial charge in [0.15, 0.2) is 0 Å². The van der Waals surface area contributed by atoms with Crippen LogP contribution in [0, 0.1) is 0 Å². The van der Waals surface area contributed by atoms with Gasteiger partial charge >= 0.3 is 0 Å². The van der Waals surface area contributed by atoms with Crippen LogP contribution in [0.3, 0.4) is 0 Å². The first-order valence-corrected chi connectivity index (χ1v) is 7.04. The van der Waals surface area contributed by atoms with E-state index in [-0.39, 0.29) is 13.0 Å². The minimum absolute atomic E-state index is 0.00248. The third-order valence-electron chi connectivity index (χ3n) is 3.86. The molecule has 5 N–H and O–H groups in total. The molecule has 0 spiro atoms. The molecule has 0 aliphatic carbocycles. The third-order valence-corrected chi connectivity index (χ3v) is 3.86. The van der Waals surface area contributed by atoms with E-state index in [1.54, 1.807) is 0 Å². The van der Waals surface area contributed by atoms with Gasteiger partial charge in [0.2, 0.25) is 5.91 Å². The number of carbonyl (C=O) groups excluding carboxylic acids is 1. The van der Waals surface area contributed by atoms with Gasteiger partial charge < -0.3 is 21.1 Å². The number of unbranched alkanes of at least 4 members (excludes halogenated alkanes) is 3. The monoisotopic (exact) mass is 274 g/mol. The van der Waals surface area contributed by atoms with Gasteiger partial charge in [-0.1, -0.05) is 26.2 Å². The van der Waals surface area contributed by atoms with Crippen LogP contribution in [0.1, 0.15) is 39.0 Å². The van der Waals surface area contributed by atoms with Gasteiger partial charge in [0.1, 0.15) is 0 Å². The van der Waals surface area contributed by atoms with Crippen molar-refractivity contribution < 1.29 is 20.1 Å². The highest BCUT2D eigenvalue weighted by Gasteiger charge is 2.47. The van der Waals surface area contributed by atoms with E-state index in [1.807, 2.05) is 4.90 Å². The van der Waals surface area contributed by atoms with E-state index in [1.165, 1.54) is 0 Å². The lowest BCUT2D eigenvalue weighted by molar-refractivity contribution is -0.120. The Bertz CT molecular complexity index is 288. The minimum Gasteiger partial charge on any atom is -0.395 e. The van der Waals surface area contributed by atoms with Crippen LogP contribution in [0.25, 0.3) is 0 Å². The van der Waals surface area contributed by atoms with Crippen LogP contribution in [0.4, 0.5) is 0 Å². The summed E-state index contributed by atoms with van der Waals surface area (Å²) in [5, 5.41) is 29.2. The third kappa shape index (κ3) is 4.14. The average molecular weight is 274 g/mol. The number of hydrogen-bond acceptors (Lipinski definition) is 5. The van der Waals surface area contributed by atoms with Crippen molar-refractivity contribution in [2.75, 3.05) is 13.2 Å². The molecule has 4 atom stereocenters. The van der Waals surface area contributed by atoms with Crippen LogP contribution in [0.15, 0.2) is 0 Å². The normalized spacial score (nSPS) is 31.8. The number of amides is 1. The van der Waals surface area contributed by atoms with Gasteiger partial charge in [0.05, 0.1) is 24.9 Å². The number of nitrogens with zero attached hydrogens (tertiary/aromatic N) is 1. The second kappa shape index (κ2) is 7.79. The molecule has 1 rings (SSSR count). The summed E-state index contributed by atoms with van der Waals surface area (Å²) in [6.07, 6.45) is 2.17. The molecule has 112 valence electrons. The van der Waals surface area contributed by atoms with Crippen molar-refractivity contribution in [1.82, 2.24) is 4.90 Å². The number of primary amides is 1. The van der Waals surface area contributed by atoms with E-state index in [9.17, 15) is 20.1 Å². The van der Waals surface area contributed by atoms with Gasteiger partial charge in [-0.2, -0.15) is 0 Å². The number of carbonyl (C=O) groups is 1. The van der Waals surface area contributed by atoms with E-state index in [0.717, 1.165) is 25.7 Å². The molecule has 1 saturated heterocycles. The maximum atomic E-state index is 11.1. The van der Waals surface area contributed by atoms with E-state index in [2.05, 4.69) is 6.92 Å². The van der Waals surface area contributed by atoms with Crippen LogP contribution >= 0.6 is 0 Å². The molecule has 0 unspecified atom stereocenters. The Morgan fingerprint density at radius 3 is 2.32 bits per heavy atom. The number of likely N-dealkylation sites (tertiary alicyclic amines) is 1. The van der Waals surface area contributed by atoms with Crippen LogP contribution in [-0.4, -0.2) is 63.6 Å². The summed E-state index contributed by atoms with van der Waals surface area (Å²) >= 11 is 0. The number of aliphatic hydroxyl groups excluding tert-OH is 3. The second-order valence-corrected chi connectivity index (χ2v) is 5.27. The van der Waals surface area contributed by atoms with Crippen LogP contribution in [0.5, 0.6) is 0 Å². The summed E-state index contributed by atoms with van der Waals surface area (Å²) in [4.78, 5) is 12.9. The lowest BCUT2D eigenvalue weighted by Gasteiger charge is -2.28. The lowest BCUT2D eigenvalue weighted by Crippen LogP contribution is -2.43. The molecule has 1 aliphatic rings. The molecule has 19 heavy (non-hydrogen) atoms. The van der Waals surface area contributed by atoms with E-state index in [4.69, 9.17) is 5.73 Å². The molecule has 0 aromatic carbocycles. The van der Waals surface area contributed by atoms with Crippen molar-refractivity contribution in [3.05, 3.63) is 0 Å². The SMILES string of the molecule is CCCCCCN1[C@H](CO)[C@@H](O)[C@H](O)[C@@H]1CC(N)=O. The number of hydrogen-bond donors (Lipinski definition) is 4.